The number of aliphatic hydroxyl groups is 1. The Labute approximate surface area is 115 Å². The number of benzene rings is 1. The summed E-state index contributed by atoms with van der Waals surface area (Å²) in [6, 6.07) is 5.56. The number of hydrogen-bond donors (Lipinski definition) is 2. The third-order valence-corrected chi connectivity index (χ3v) is 3.76. The fourth-order valence-electron chi connectivity index (χ4n) is 1.01. The Morgan fingerprint density at radius 2 is 2.19 bits per heavy atom. The normalized spacial score (nSPS) is 10.2. The molecule has 2 N–H and O–H groups in total. The molecule has 6 heteroatoms. The first-order chi connectivity index (χ1) is 7.63. The number of anilines is 1. The van der Waals surface area contributed by atoms with Crippen LogP contribution in [0.5, 0.6) is 0 Å². The van der Waals surface area contributed by atoms with Crippen molar-refractivity contribution in [2.24, 2.45) is 0 Å². The van der Waals surface area contributed by atoms with Crippen LogP contribution in [0, 0.1) is 0 Å². The second-order valence-corrected chi connectivity index (χ2v) is 5.82. The maximum Gasteiger partial charge on any atom is 0.234 e. The number of hydrogen-bond acceptors (Lipinski definition) is 3. The molecule has 0 saturated carbocycles. The third-order valence-electron chi connectivity index (χ3n) is 1.67. The predicted molar refractivity (Wildman–Crippen MR) is 74.9 cm³/mol. The molecule has 1 aromatic carbocycles. The summed E-state index contributed by atoms with van der Waals surface area (Å²) in [7, 11) is 0. The van der Waals surface area contributed by atoms with Gasteiger partial charge >= 0.3 is 0 Å². The van der Waals surface area contributed by atoms with Gasteiger partial charge in [0.15, 0.2) is 0 Å². The summed E-state index contributed by atoms with van der Waals surface area (Å²) < 4.78 is 1.79. The van der Waals surface area contributed by atoms with Crippen LogP contribution in [0.4, 0.5) is 5.69 Å². The van der Waals surface area contributed by atoms with E-state index < -0.39 is 0 Å². The number of nitrogens with one attached hydrogen (secondary N) is 1. The van der Waals surface area contributed by atoms with E-state index in [1.165, 1.54) is 11.8 Å². The van der Waals surface area contributed by atoms with Crippen molar-refractivity contribution in [3.8, 4) is 0 Å². The summed E-state index contributed by atoms with van der Waals surface area (Å²) in [6.45, 7) is 0.0971. The van der Waals surface area contributed by atoms with Crippen molar-refractivity contribution < 1.29 is 9.90 Å². The van der Waals surface area contributed by atoms with Crippen LogP contribution in [0.3, 0.4) is 0 Å². The van der Waals surface area contributed by atoms with Crippen molar-refractivity contribution >= 4 is 55.2 Å². The molecule has 0 fully saturated rings. The summed E-state index contributed by atoms with van der Waals surface area (Å²) in [4.78, 5) is 11.5. The van der Waals surface area contributed by atoms with Crippen molar-refractivity contribution in [2.75, 3.05) is 23.4 Å². The van der Waals surface area contributed by atoms with Gasteiger partial charge in [-0.05, 0) is 34.1 Å². The molecule has 88 valence electrons. The van der Waals surface area contributed by atoms with Gasteiger partial charge < -0.3 is 10.4 Å². The van der Waals surface area contributed by atoms with E-state index in [0.717, 1.165) is 14.6 Å². The van der Waals surface area contributed by atoms with E-state index in [9.17, 15) is 4.79 Å². The molecular formula is C10H11Br2NO2S. The molecule has 1 rings (SSSR count). The number of halogens is 2. The zero-order chi connectivity index (χ0) is 12.0. The number of carbonyl (C=O) groups is 1. The molecule has 0 atom stereocenters. The van der Waals surface area contributed by atoms with Gasteiger partial charge in [-0.15, -0.1) is 11.8 Å². The summed E-state index contributed by atoms with van der Waals surface area (Å²) in [6.07, 6.45) is 0. The van der Waals surface area contributed by atoms with Crippen LogP contribution in [0.1, 0.15) is 0 Å². The average molecular weight is 369 g/mol. The fourth-order valence-corrected chi connectivity index (χ4v) is 2.68. The lowest BCUT2D eigenvalue weighted by Gasteiger charge is -2.07. The van der Waals surface area contributed by atoms with Crippen molar-refractivity contribution in [3.05, 3.63) is 27.1 Å². The van der Waals surface area contributed by atoms with E-state index in [1.807, 2.05) is 18.2 Å². The first-order valence-corrected chi connectivity index (χ1v) is 7.31. The Kier molecular flexibility index (Phi) is 6.41. The Morgan fingerprint density at radius 3 is 2.81 bits per heavy atom. The maximum atomic E-state index is 11.5. The van der Waals surface area contributed by atoms with E-state index in [1.54, 1.807) is 0 Å². The lowest BCUT2D eigenvalue weighted by atomic mass is 10.3. The van der Waals surface area contributed by atoms with E-state index in [0.29, 0.717) is 11.5 Å². The van der Waals surface area contributed by atoms with Crippen LogP contribution in [0.2, 0.25) is 0 Å². The second-order valence-electron chi connectivity index (χ2n) is 2.95. The minimum Gasteiger partial charge on any atom is -0.396 e. The zero-order valence-corrected chi connectivity index (χ0v) is 12.4. The molecule has 0 spiro atoms. The summed E-state index contributed by atoms with van der Waals surface area (Å²) in [5, 5.41) is 11.4. The minimum absolute atomic E-state index is 0.0681. The molecule has 16 heavy (non-hydrogen) atoms. The molecule has 0 aromatic heterocycles. The van der Waals surface area contributed by atoms with Crippen LogP contribution in [-0.4, -0.2) is 29.1 Å². The first-order valence-electron chi connectivity index (χ1n) is 4.57. The van der Waals surface area contributed by atoms with E-state index in [2.05, 4.69) is 37.2 Å². The highest BCUT2D eigenvalue weighted by Gasteiger charge is 2.05. The molecule has 3 nitrogen and oxygen atoms in total. The van der Waals surface area contributed by atoms with Crippen LogP contribution in [0.15, 0.2) is 27.1 Å². The van der Waals surface area contributed by atoms with E-state index >= 15 is 0 Å². The van der Waals surface area contributed by atoms with Gasteiger partial charge in [-0.3, -0.25) is 4.79 Å². The van der Waals surface area contributed by atoms with Crippen molar-refractivity contribution in [1.82, 2.24) is 0 Å². The number of rotatable bonds is 5. The molecule has 0 radical (unpaired) electrons. The molecule has 0 aliphatic heterocycles. The lowest BCUT2D eigenvalue weighted by Crippen LogP contribution is -2.15. The minimum atomic E-state index is -0.0681. The molecular weight excluding hydrogens is 358 g/mol. The third kappa shape index (κ3) is 4.86. The number of aliphatic hydroxyl groups excluding tert-OH is 1. The van der Waals surface area contributed by atoms with Gasteiger partial charge in [0.25, 0.3) is 0 Å². The topological polar surface area (TPSA) is 49.3 Å². The standard InChI is InChI=1S/C10H11Br2NO2S/c11-7-1-2-9(8(12)5-7)13-10(15)6-16-4-3-14/h1-2,5,14H,3-4,6H2,(H,13,15). The van der Waals surface area contributed by atoms with Crippen LogP contribution >= 0.6 is 43.6 Å². The molecule has 0 bridgehead atoms. The Morgan fingerprint density at radius 1 is 1.44 bits per heavy atom. The van der Waals surface area contributed by atoms with E-state index in [4.69, 9.17) is 5.11 Å². The van der Waals surface area contributed by atoms with Gasteiger partial charge in [-0.1, -0.05) is 15.9 Å². The van der Waals surface area contributed by atoms with Gasteiger partial charge in [-0.25, -0.2) is 0 Å². The quantitative estimate of drug-likeness (QED) is 0.785. The van der Waals surface area contributed by atoms with Crippen LogP contribution in [0.25, 0.3) is 0 Å². The molecule has 0 aliphatic rings. The monoisotopic (exact) mass is 367 g/mol. The fraction of sp³-hybridized carbons (Fsp3) is 0.300. The Hall–Kier alpha value is -0.0400. The van der Waals surface area contributed by atoms with Gasteiger partial charge in [0.2, 0.25) is 5.91 Å². The lowest BCUT2D eigenvalue weighted by molar-refractivity contribution is -0.113. The van der Waals surface area contributed by atoms with Gasteiger partial charge in [0.05, 0.1) is 18.0 Å². The van der Waals surface area contributed by atoms with Crippen molar-refractivity contribution in [3.63, 3.8) is 0 Å². The van der Waals surface area contributed by atoms with Gasteiger partial charge in [0.1, 0.15) is 0 Å². The van der Waals surface area contributed by atoms with Crippen molar-refractivity contribution in [1.29, 1.82) is 0 Å². The number of carbonyl (C=O) groups excluding carboxylic acids is 1. The average Bonchev–Trinajstić information content (AvgIpc) is 2.23. The van der Waals surface area contributed by atoms with E-state index in [-0.39, 0.29) is 12.5 Å². The summed E-state index contributed by atoms with van der Waals surface area (Å²) in [5.41, 5.74) is 0.748. The zero-order valence-electron chi connectivity index (χ0n) is 8.37. The van der Waals surface area contributed by atoms with Gasteiger partial charge in [0, 0.05) is 14.7 Å². The molecule has 1 aromatic rings. The molecule has 0 unspecified atom stereocenters. The maximum absolute atomic E-state index is 11.5. The van der Waals surface area contributed by atoms with Crippen molar-refractivity contribution in [2.45, 2.75) is 0 Å². The highest BCUT2D eigenvalue weighted by Crippen LogP contribution is 2.26. The largest absolute Gasteiger partial charge is 0.396 e. The summed E-state index contributed by atoms with van der Waals surface area (Å²) >= 11 is 8.11. The van der Waals surface area contributed by atoms with Crippen LogP contribution in [-0.2, 0) is 4.79 Å². The smallest absolute Gasteiger partial charge is 0.234 e. The highest BCUT2D eigenvalue weighted by molar-refractivity contribution is 9.11. The second kappa shape index (κ2) is 7.32. The molecule has 0 saturated heterocycles. The summed E-state index contributed by atoms with van der Waals surface area (Å²) in [5.74, 6) is 0.860. The number of amides is 1. The highest BCUT2D eigenvalue weighted by atomic mass is 79.9. The molecule has 0 heterocycles. The Bertz CT molecular complexity index is 374. The SMILES string of the molecule is O=C(CSCCO)Nc1ccc(Br)cc1Br. The number of thioether (sulfide) groups is 1. The Balaban J connectivity index is 2.49. The first kappa shape index (κ1) is 14.0. The van der Waals surface area contributed by atoms with Gasteiger partial charge in [-0.2, -0.15) is 0 Å². The molecule has 0 aliphatic carbocycles. The predicted octanol–water partition coefficient (Wildman–Crippen LogP) is 2.88. The van der Waals surface area contributed by atoms with Crippen LogP contribution < -0.4 is 5.32 Å². The molecule has 1 amide bonds.